The molecular formula is C10H12. The Labute approximate surface area is 61.9 Å². The zero-order valence-electron chi connectivity index (χ0n) is 6.35. The summed E-state index contributed by atoms with van der Waals surface area (Å²) >= 11 is 0. The molecule has 10 heavy (non-hydrogen) atoms. The Bertz CT molecular complexity index is 241. The average molecular weight is 132 g/mol. The van der Waals surface area contributed by atoms with E-state index in [1.165, 1.54) is 29.6 Å². The van der Waals surface area contributed by atoms with E-state index in [1.54, 1.807) is 0 Å². The maximum Gasteiger partial charge on any atom is -0.00855 e. The van der Waals surface area contributed by atoms with Gasteiger partial charge in [-0.3, -0.25) is 0 Å². The second-order valence-corrected chi connectivity index (χ2v) is 3.21. The Morgan fingerprint density at radius 2 is 2.30 bits per heavy atom. The fourth-order valence-corrected chi connectivity index (χ4v) is 1.58. The predicted octanol–water partition coefficient (Wildman–Crippen LogP) is 2.84. The third kappa shape index (κ3) is 0.620. The van der Waals surface area contributed by atoms with Crippen molar-refractivity contribution in [2.24, 2.45) is 5.92 Å². The largest absolute Gasteiger partial charge is 0.0950 e. The Kier molecular flexibility index (Phi) is 1.10. The van der Waals surface area contributed by atoms with Crippen LogP contribution in [0.4, 0.5) is 0 Å². The molecule has 0 N–H and O–H groups in total. The average Bonchev–Trinajstić information content (AvgIpc) is 1.82. The topological polar surface area (TPSA) is 0 Å². The van der Waals surface area contributed by atoms with E-state index in [2.05, 4.69) is 25.7 Å². The molecule has 0 spiro atoms. The fourth-order valence-electron chi connectivity index (χ4n) is 1.58. The third-order valence-electron chi connectivity index (χ3n) is 2.53. The number of hydrogen-bond acceptors (Lipinski definition) is 0. The van der Waals surface area contributed by atoms with Crippen LogP contribution in [-0.2, 0) is 0 Å². The van der Waals surface area contributed by atoms with E-state index in [4.69, 9.17) is 0 Å². The maximum atomic E-state index is 4.07. The first-order valence-corrected chi connectivity index (χ1v) is 3.88. The molecule has 1 atom stereocenters. The highest BCUT2D eigenvalue weighted by atomic mass is 14.3. The van der Waals surface area contributed by atoms with Gasteiger partial charge in [-0.15, -0.1) is 0 Å². The van der Waals surface area contributed by atoms with E-state index in [0.29, 0.717) is 5.92 Å². The SMILES string of the molecule is C=C1C2=CCC2=CCC1C. The molecule has 0 aromatic rings. The van der Waals surface area contributed by atoms with Gasteiger partial charge in [-0.25, -0.2) is 0 Å². The van der Waals surface area contributed by atoms with Gasteiger partial charge < -0.3 is 0 Å². The van der Waals surface area contributed by atoms with Crippen molar-refractivity contribution in [2.45, 2.75) is 19.8 Å². The molecule has 0 fully saturated rings. The molecule has 2 rings (SSSR count). The highest BCUT2D eigenvalue weighted by Crippen LogP contribution is 2.40. The van der Waals surface area contributed by atoms with Gasteiger partial charge in [-0.2, -0.15) is 0 Å². The molecule has 52 valence electrons. The highest BCUT2D eigenvalue weighted by molar-refractivity contribution is 5.56. The molecule has 0 aliphatic heterocycles. The Balaban J connectivity index is 2.38. The Hall–Kier alpha value is -0.780. The van der Waals surface area contributed by atoms with Crippen LogP contribution in [0.25, 0.3) is 0 Å². The van der Waals surface area contributed by atoms with Crippen molar-refractivity contribution < 1.29 is 0 Å². The molecule has 0 saturated carbocycles. The molecule has 2 aliphatic rings. The molecule has 0 heterocycles. The summed E-state index contributed by atoms with van der Waals surface area (Å²) in [5.41, 5.74) is 4.32. The first kappa shape index (κ1) is 5.96. The summed E-state index contributed by atoms with van der Waals surface area (Å²) in [5, 5.41) is 0. The number of hydrogen-bond donors (Lipinski definition) is 0. The van der Waals surface area contributed by atoms with Crippen molar-refractivity contribution in [3.63, 3.8) is 0 Å². The van der Waals surface area contributed by atoms with Gasteiger partial charge in [0.25, 0.3) is 0 Å². The lowest BCUT2D eigenvalue weighted by atomic mass is 9.75. The normalized spacial score (nSPS) is 30.1. The summed E-state index contributed by atoms with van der Waals surface area (Å²) in [6, 6.07) is 0. The van der Waals surface area contributed by atoms with Crippen LogP contribution in [0.5, 0.6) is 0 Å². The highest BCUT2D eigenvalue weighted by Gasteiger charge is 2.23. The van der Waals surface area contributed by atoms with Crippen LogP contribution in [0, 0.1) is 5.92 Å². The van der Waals surface area contributed by atoms with Gasteiger partial charge in [0.1, 0.15) is 0 Å². The van der Waals surface area contributed by atoms with Crippen LogP contribution in [-0.4, -0.2) is 0 Å². The lowest BCUT2D eigenvalue weighted by Crippen LogP contribution is -2.13. The zero-order valence-corrected chi connectivity index (χ0v) is 6.35. The van der Waals surface area contributed by atoms with E-state index in [-0.39, 0.29) is 0 Å². The van der Waals surface area contributed by atoms with Crippen LogP contribution in [0.15, 0.2) is 35.5 Å². The molecule has 0 nitrogen and oxygen atoms in total. The molecule has 1 unspecified atom stereocenters. The number of allylic oxidation sites excluding steroid dienone is 5. The Morgan fingerprint density at radius 1 is 1.50 bits per heavy atom. The van der Waals surface area contributed by atoms with E-state index < -0.39 is 0 Å². The maximum absolute atomic E-state index is 4.07. The molecule has 0 amide bonds. The summed E-state index contributed by atoms with van der Waals surface area (Å²) in [6.07, 6.45) is 7.02. The molecule has 0 saturated heterocycles. The van der Waals surface area contributed by atoms with Gasteiger partial charge >= 0.3 is 0 Å². The first-order valence-electron chi connectivity index (χ1n) is 3.88. The molecule has 0 aromatic carbocycles. The molecule has 0 aromatic heterocycles. The standard InChI is InChI=1S/C10H12/c1-7-3-4-9-5-6-10(9)8(7)2/h4,6-7H,2-3,5H2,1H3. The quantitative estimate of drug-likeness (QED) is 0.475. The van der Waals surface area contributed by atoms with Crippen LogP contribution >= 0.6 is 0 Å². The van der Waals surface area contributed by atoms with Gasteiger partial charge in [-0.1, -0.05) is 25.7 Å². The van der Waals surface area contributed by atoms with Gasteiger partial charge in [-0.05, 0) is 35.5 Å². The van der Waals surface area contributed by atoms with Crippen molar-refractivity contribution in [1.82, 2.24) is 0 Å². The second-order valence-electron chi connectivity index (χ2n) is 3.21. The van der Waals surface area contributed by atoms with E-state index >= 15 is 0 Å². The van der Waals surface area contributed by atoms with Gasteiger partial charge in [0, 0.05) is 0 Å². The molecule has 2 aliphatic carbocycles. The lowest BCUT2D eigenvalue weighted by molar-refractivity contribution is 0.674. The zero-order chi connectivity index (χ0) is 7.14. The van der Waals surface area contributed by atoms with E-state index in [9.17, 15) is 0 Å². The minimum absolute atomic E-state index is 0.676. The molecule has 0 heteroatoms. The van der Waals surface area contributed by atoms with Crippen LogP contribution < -0.4 is 0 Å². The summed E-state index contributed by atoms with van der Waals surface area (Å²) in [7, 11) is 0. The summed E-state index contributed by atoms with van der Waals surface area (Å²) in [6.45, 7) is 6.31. The Morgan fingerprint density at radius 3 is 2.80 bits per heavy atom. The number of fused-ring (bicyclic) bond motifs is 1. The van der Waals surface area contributed by atoms with Crippen LogP contribution in [0.1, 0.15) is 19.8 Å². The van der Waals surface area contributed by atoms with Gasteiger partial charge in [0.15, 0.2) is 0 Å². The summed E-state index contributed by atoms with van der Waals surface area (Å²) in [4.78, 5) is 0. The van der Waals surface area contributed by atoms with Crippen molar-refractivity contribution in [2.75, 3.05) is 0 Å². The lowest BCUT2D eigenvalue weighted by Gasteiger charge is -2.29. The van der Waals surface area contributed by atoms with Crippen molar-refractivity contribution in [1.29, 1.82) is 0 Å². The molecule has 0 bridgehead atoms. The van der Waals surface area contributed by atoms with Gasteiger partial charge in [0.05, 0.1) is 0 Å². The van der Waals surface area contributed by atoms with Gasteiger partial charge in [0.2, 0.25) is 0 Å². The summed E-state index contributed by atoms with van der Waals surface area (Å²) < 4.78 is 0. The molecular weight excluding hydrogens is 120 g/mol. The monoisotopic (exact) mass is 132 g/mol. The fraction of sp³-hybridized carbons (Fsp3) is 0.400. The third-order valence-corrected chi connectivity index (χ3v) is 2.53. The minimum atomic E-state index is 0.676. The second kappa shape index (κ2) is 1.85. The number of rotatable bonds is 0. The minimum Gasteiger partial charge on any atom is -0.0950 e. The van der Waals surface area contributed by atoms with Crippen molar-refractivity contribution in [3.8, 4) is 0 Å². The molecule has 0 radical (unpaired) electrons. The van der Waals surface area contributed by atoms with Crippen molar-refractivity contribution >= 4 is 0 Å². The first-order chi connectivity index (χ1) is 4.79. The van der Waals surface area contributed by atoms with Crippen LogP contribution in [0.2, 0.25) is 0 Å². The van der Waals surface area contributed by atoms with Crippen molar-refractivity contribution in [3.05, 3.63) is 35.5 Å². The smallest absolute Gasteiger partial charge is 0.00855 e. The van der Waals surface area contributed by atoms with E-state index in [1.807, 2.05) is 0 Å². The van der Waals surface area contributed by atoms with E-state index in [0.717, 1.165) is 0 Å². The van der Waals surface area contributed by atoms with Crippen LogP contribution in [0.3, 0.4) is 0 Å². The summed E-state index contributed by atoms with van der Waals surface area (Å²) in [5.74, 6) is 0.676. The predicted molar refractivity (Wildman–Crippen MR) is 43.7 cm³/mol.